The lowest BCUT2D eigenvalue weighted by molar-refractivity contribution is -0.144. The molecule has 0 heterocycles. The molecule has 0 saturated heterocycles. The van der Waals surface area contributed by atoms with Crippen molar-refractivity contribution >= 4 is 18.0 Å². The molecule has 1 aliphatic carbocycles. The van der Waals surface area contributed by atoms with E-state index in [4.69, 9.17) is 4.74 Å². The number of carbonyl (C=O) groups excluding carboxylic acids is 2. The average Bonchev–Trinajstić information content (AvgIpc) is 2.49. The highest BCUT2D eigenvalue weighted by Gasteiger charge is 2.34. The minimum atomic E-state index is -1.03. The Hall–Kier alpha value is -1.79. The summed E-state index contributed by atoms with van der Waals surface area (Å²) in [4.78, 5) is 37.1. The number of nitrogens with zero attached hydrogens (tertiary/aromatic N) is 1. The summed E-state index contributed by atoms with van der Waals surface area (Å²) in [6, 6.07) is -1.72. The van der Waals surface area contributed by atoms with Crippen LogP contribution in [0.5, 0.6) is 0 Å². The van der Waals surface area contributed by atoms with E-state index in [1.54, 1.807) is 27.7 Å². The van der Waals surface area contributed by atoms with Crippen LogP contribution in [-0.4, -0.2) is 52.7 Å². The van der Waals surface area contributed by atoms with Crippen LogP contribution in [0.25, 0.3) is 0 Å². The fraction of sp³-hybridized carbons (Fsp3) is 0.824. The maximum Gasteiger partial charge on any atom is 0.410 e. The van der Waals surface area contributed by atoms with Crippen LogP contribution in [0.1, 0.15) is 59.8 Å². The number of ether oxygens (including phenoxy) is 1. The molecule has 138 valence electrons. The van der Waals surface area contributed by atoms with E-state index in [0.29, 0.717) is 0 Å². The number of carboxylic acid groups (broad SMARTS) is 1. The molecule has 1 saturated carbocycles. The van der Waals surface area contributed by atoms with Gasteiger partial charge in [-0.1, -0.05) is 19.3 Å². The van der Waals surface area contributed by atoms with Gasteiger partial charge in [0.15, 0.2) is 0 Å². The van der Waals surface area contributed by atoms with Crippen LogP contribution in [0.4, 0.5) is 4.79 Å². The Labute approximate surface area is 143 Å². The topological polar surface area (TPSA) is 95.9 Å². The minimum absolute atomic E-state index is 0.0563. The third-order valence-electron chi connectivity index (χ3n) is 4.33. The third-order valence-corrected chi connectivity index (χ3v) is 4.33. The molecule has 24 heavy (non-hydrogen) atoms. The number of carbonyl (C=O) groups is 3. The number of carboxylic acids is 1. The first-order chi connectivity index (χ1) is 11.0. The first-order valence-corrected chi connectivity index (χ1v) is 8.52. The molecule has 1 aliphatic rings. The zero-order valence-corrected chi connectivity index (χ0v) is 15.3. The van der Waals surface area contributed by atoms with Crippen molar-refractivity contribution in [2.24, 2.45) is 5.92 Å². The first kappa shape index (κ1) is 20.3. The summed E-state index contributed by atoms with van der Waals surface area (Å²) >= 11 is 0. The second kappa shape index (κ2) is 8.35. The van der Waals surface area contributed by atoms with Gasteiger partial charge in [-0.15, -0.1) is 0 Å². The third kappa shape index (κ3) is 6.02. The molecule has 1 fully saturated rings. The molecule has 7 nitrogen and oxygen atoms in total. The first-order valence-electron chi connectivity index (χ1n) is 8.52. The largest absolute Gasteiger partial charge is 0.480 e. The van der Waals surface area contributed by atoms with Crippen molar-refractivity contribution in [3.63, 3.8) is 0 Å². The zero-order chi connectivity index (χ0) is 18.5. The van der Waals surface area contributed by atoms with Crippen molar-refractivity contribution in [3.8, 4) is 0 Å². The van der Waals surface area contributed by atoms with Crippen LogP contribution in [0.2, 0.25) is 0 Å². The fourth-order valence-corrected chi connectivity index (χ4v) is 2.79. The Kier molecular flexibility index (Phi) is 7.05. The molecule has 7 heteroatoms. The van der Waals surface area contributed by atoms with Crippen LogP contribution in [0, 0.1) is 5.92 Å². The molecular weight excluding hydrogens is 312 g/mol. The van der Waals surface area contributed by atoms with E-state index in [2.05, 4.69) is 5.32 Å². The predicted molar refractivity (Wildman–Crippen MR) is 89.6 cm³/mol. The molecule has 0 spiro atoms. The van der Waals surface area contributed by atoms with E-state index >= 15 is 0 Å². The van der Waals surface area contributed by atoms with Gasteiger partial charge in [-0.25, -0.2) is 9.59 Å². The van der Waals surface area contributed by atoms with Crippen LogP contribution in [0.3, 0.4) is 0 Å². The number of aliphatic carboxylic acids is 1. The zero-order valence-electron chi connectivity index (χ0n) is 15.3. The van der Waals surface area contributed by atoms with E-state index < -0.39 is 35.7 Å². The monoisotopic (exact) mass is 342 g/mol. The summed E-state index contributed by atoms with van der Waals surface area (Å²) in [6.07, 6.45) is 4.06. The molecule has 0 bridgehead atoms. The number of rotatable bonds is 5. The number of likely N-dealkylation sites (N-methyl/N-ethyl adjacent to an activating group) is 1. The standard InChI is InChI=1S/C17H30N2O5/c1-11(19(5)16(23)24-17(2,3)4)14(20)18-13(15(21)22)12-9-7-6-8-10-12/h11-13H,6-10H2,1-5H3,(H,18,20)(H,21,22)/t11-,13-/m0/s1. The van der Waals surface area contributed by atoms with Gasteiger partial charge in [-0.3, -0.25) is 9.69 Å². The van der Waals surface area contributed by atoms with Crippen molar-refractivity contribution in [1.29, 1.82) is 0 Å². The number of hydrogen-bond donors (Lipinski definition) is 2. The summed E-state index contributed by atoms with van der Waals surface area (Å²) in [6.45, 7) is 6.78. The summed E-state index contributed by atoms with van der Waals surface area (Å²) < 4.78 is 5.23. The van der Waals surface area contributed by atoms with Crippen LogP contribution in [-0.2, 0) is 14.3 Å². The van der Waals surface area contributed by atoms with E-state index in [-0.39, 0.29) is 5.92 Å². The second-order valence-electron chi connectivity index (χ2n) is 7.49. The highest BCUT2D eigenvalue weighted by molar-refractivity contribution is 5.89. The smallest absolute Gasteiger partial charge is 0.410 e. The van der Waals surface area contributed by atoms with Crippen molar-refractivity contribution in [1.82, 2.24) is 10.2 Å². The van der Waals surface area contributed by atoms with Gasteiger partial charge in [-0.05, 0) is 46.5 Å². The molecule has 1 rings (SSSR count). The summed E-state index contributed by atoms with van der Waals surface area (Å²) in [5.41, 5.74) is -0.659. The number of hydrogen-bond acceptors (Lipinski definition) is 4. The highest BCUT2D eigenvalue weighted by atomic mass is 16.6. The van der Waals surface area contributed by atoms with Gasteiger partial charge < -0.3 is 15.2 Å². The van der Waals surface area contributed by atoms with Crippen molar-refractivity contribution in [2.45, 2.75) is 77.5 Å². The fourth-order valence-electron chi connectivity index (χ4n) is 2.79. The van der Waals surface area contributed by atoms with Crippen molar-refractivity contribution in [3.05, 3.63) is 0 Å². The quantitative estimate of drug-likeness (QED) is 0.800. The van der Waals surface area contributed by atoms with E-state index in [0.717, 1.165) is 32.1 Å². The molecule has 2 N–H and O–H groups in total. The Morgan fingerprint density at radius 2 is 1.71 bits per heavy atom. The average molecular weight is 342 g/mol. The lowest BCUT2D eigenvalue weighted by Gasteiger charge is -2.31. The Morgan fingerprint density at radius 1 is 1.17 bits per heavy atom. The van der Waals surface area contributed by atoms with Gasteiger partial charge in [0, 0.05) is 7.05 Å². The molecule has 0 unspecified atom stereocenters. The SMILES string of the molecule is C[C@@H](C(=O)N[C@H](C(=O)O)C1CCCCC1)N(C)C(=O)OC(C)(C)C. The van der Waals surface area contributed by atoms with Gasteiger partial charge in [0.2, 0.25) is 5.91 Å². The lowest BCUT2D eigenvalue weighted by Crippen LogP contribution is -2.53. The highest BCUT2D eigenvalue weighted by Crippen LogP contribution is 2.26. The lowest BCUT2D eigenvalue weighted by atomic mass is 9.84. The molecule has 2 atom stereocenters. The summed E-state index contributed by atoms with van der Waals surface area (Å²) in [7, 11) is 1.47. The predicted octanol–water partition coefficient (Wildman–Crippen LogP) is 2.39. The van der Waals surface area contributed by atoms with E-state index in [9.17, 15) is 19.5 Å². The van der Waals surface area contributed by atoms with Gasteiger partial charge >= 0.3 is 12.1 Å². The van der Waals surface area contributed by atoms with Crippen molar-refractivity contribution in [2.75, 3.05) is 7.05 Å². The Balaban J connectivity index is 2.68. The summed E-state index contributed by atoms with van der Waals surface area (Å²) in [5.74, 6) is -1.57. The number of nitrogens with one attached hydrogen (secondary N) is 1. The molecule has 2 amide bonds. The van der Waals surface area contributed by atoms with Gasteiger partial charge in [0.05, 0.1) is 0 Å². The Bertz CT molecular complexity index is 466. The van der Waals surface area contributed by atoms with Gasteiger partial charge in [0.25, 0.3) is 0 Å². The molecule has 0 aromatic carbocycles. The molecule has 0 aromatic rings. The van der Waals surface area contributed by atoms with E-state index in [1.165, 1.54) is 11.9 Å². The van der Waals surface area contributed by atoms with Crippen LogP contribution >= 0.6 is 0 Å². The molecule has 0 aliphatic heterocycles. The summed E-state index contributed by atoms with van der Waals surface area (Å²) in [5, 5.41) is 12.0. The normalized spacial score (nSPS) is 18.4. The van der Waals surface area contributed by atoms with Gasteiger partial charge in [0.1, 0.15) is 17.7 Å². The number of amides is 2. The molecule has 0 aromatic heterocycles. The minimum Gasteiger partial charge on any atom is -0.480 e. The van der Waals surface area contributed by atoms with Crippen LogP contribution in [0.15, 0.2) is 0 Å². The Morgan fingerprint density at radius 3 is 2.17 bits per heavy atom. The van der Waals surface area contributed by atoms with Crippen LogP contribution < -0.4 is 5.32 Å². The maximum absolute atomic E-state index is 12.4. The molecule has 0 radical (unpaired) electrons. The van der Waals surface area contributed by atoms with Crippen molar-refractivity contribution < 1.29 is 24.2 Å². The molecular formula is C17H30N2O5. The van der Waals surface area contributed by atoms with Gasteiger partial charge in [-0.2, -0.15) is 0 Å². The van der Waals surface area contributed by atoms with E-state index in [1.807, 2.05) is 0 Å². The maximum atomic E-state index is 12.4. The second-order valence-corrected chi connectivity index (χ2v) is 7.49.